The second kappa shape index (κ2) is 6.66. The number of benzene rings is 2. The number of dihydropyridines is 2. The van der Waals surface area contributed by atoms with Gasteiger partial charge in [-0.2, -0.15) is 0 Å². The van der Waals surface area contributed by atoms with Crippen LogP contribution < -0.4 is 0 Å². The molecule has 0 saturated heterocycles. The van der Waals surface area contributed by atoms with Gasteiger partial charge in [-0.25, -0.2) is 0 Å². The third-order valence-corrected chi connectivity index (χ3v) is 6.02. The number of hydrogen-bond donors (Lipinski definition) is 0. The molecule has 2 heteroatoms. The average Bonchev–Trinajstić information content (AvgIpc) is 2.74. The first-order valence-corrected chi connectivity index (χ1v) is 10.1. The van der Waals surface area contributed by atoms with E-state index in [0.29, 0.717) is 0 Å². The highest BCUT2D eigenvalue weighted by Gasteiger charge is 2.46. The van der Waals surface area contributed by atoms with E-state index < -0.39 is 5.54 Å². The molecule has 0 N–H and O–H groups in total. The van der Waals surface area contributed by atoms with Crippen LogP contribution in [-0.4, -0.2) is 23.0 Å². The van der Waals surface area contributed by atoms with E-state index in [2.05, 4.69) is 106 Å². The summed E-state index contributed by atoms with van der Waals surface area (Å²) in [4.78, 5) is 10.3. The van der Waals surface area contributed by atoms with Crippen molar-refractivity contribution in [2.24, 2.45) is 9.98 Å². The lowest BCUT2D eigenvalue weighted by molar-refractivity contribution is 0.489. The number of fused-ring (bicyclic) bond motifs is 3. The summed E-state index contributed by atoms with van der Waals surface area (Å²) in [6.07, 6.45) is 8.92. The Morgan fingerprint density at radius 3 is 1.97 bits per heavy atom. The van der Waals surface area contributed by atoms with E-state index in [1.165, 1.54) is 33.4 Å². The van der Waals surface area contributed by atoms with Crippen molar-refractivity contribution in [3.8, 4) is 0 Å². The molecule has 0 aromatic heterocycles. The van der Waals surface area contributed by atoms with Gasteiger partial charge in [0.05, 0.1) is 0 Å². The van der Waals surface area contributed by atoms with Crippen LogP contribution in [0.3, 0.4) is 0 Å². The Balaban J connectivity index is 1.70. The molecule has 2 aromatic rings. The van der Waals surface area contributed by atoms with E-state index in [-0.39, 0.29) is 6.04 Å². The maximum Gasteiger partial charge on any atom is 0.110 e. The van der Waals surface area contributed by atoms with Crippen molar-refractivity contribution < 1.29 is 0 Å². The Bertz CT molecular complexity index is 1160. The van der Waals surface area contributed by atoms with Crippen molar-refractivity contribution in [2.75, 3.05) is 0 Å². The van der Waals surface area contributed by atoms with Gasteiger partial charge < -0.3 is 0 Å². The van der Waals surface area contributed by atoms with Gasteiger partial charge >= 0.3 is 0 Å². The molecule has 0 amide bonds. The lowest BCUT2D eigenvalue weighted by Crippen LogP contribution is -2.45. The molecule has 0 fully saturated rings. The molecule has 2 aromatic carbocycles. The van der Waals surface area contributed by atoms with Crippen LogP contribution in [0.25, 0.3) is 11.1 Å². The summed E-state index contributed by atoms with van der Waals surface area (Å²) in [7, 11) is 0. The predicted octanol–water partition coefficient (Wildman–Crippen LogP) is 6.10. The van der Waals surface area contributed by atoms with Crippen molar-refractivity contribution in [1.29, 1.82) is 0 Å². The highest BCUT2D eigenvalue weighted by molar-refractivity contribution is 6.08. The number of aliphatic imine (C=N–C) groups is 2. The van der Waals surface area contributed by atoms with Gasteiger partial charge in [0.1, 0.15) is 11.6 Å². The summed E-state index contributed by atoms with van der Waals surface area (Å²) >= 11 is 0. The molecule has 2 unspecified atom stereocenters. The summed E-state index contributed by atoms with van der Waals surface area (Å²) in [6.45, 7) is 6.42. The van der Waals surface area contributed by atoms with Crippen molar-refractivity contribution in [2.45, 2.75) is 32.4 Å². The van der Waals surface area contributed by atoms with Crippen LogP contribution in [0, 0.1) is 0 Å². The first-order chi connectivity index (χ1) is 14.1. The van der Waals surface area contributed by atoms with Crippen molar-refractivity contribution in [3.63, 3.8) is 0 Å². The van der Waals surface area contributed by atoms with Crippen LogP contribution in [0.15, 0.2) is 106 Å². The van der Waals surface area contributed by atoms with Gasteiger partial charge in [0, 0.05) is 11.4 Å². The zero-order chi connectivity index (χ0) is 20.0. The highest BCUT2D eigenvalue weighted by atomic mass is 15.0. The van der Waals surface area contributed by atoms with E-state index in [1.54, 1.807) is 0 Å². The molecule has 2 atom stereocenters. The number of nitrogens with zero attached hydrogens (tertiary/aromatic N) is 2. The van der Waals surface area contributed by atoms with Crippen molar-refractivity contribution in [1.82, 2.24) is 0 Å². The highest BCUT2D eigenvalue weighted by Crippen LogP contribution is 2.48. The third-order valence-electron chi connectivity index (χ3n) is 6.02. The Morgan fingerprint density at radius 2 is 1.31 bits per heavy atom. The minimum Gasteiger partial charge on any atom is -0.279 e. The number of hydrogen-bond acceptors (Lipinski definition) is 2. The molecule has 3 aliphatic rings. The van der Waals surface area contributed by atoms with Gasteiger partial charge in [0.25, 0.3) is 0 Å². The Kier molecular flexibility index (Phi) is 4.09. The maximum atomic E-state index is 5.16. The molecule has 2 heterocycles. The monoisotopic (exact) mass is 376 g/mol. The summed E-state index contributed by atoms with van der Waals surface area (Å²) in [5.41, 5.74) is 9.14. The molecular weight excluding hydrogens is 352 g/mol. The summed E-state index contributed by atoms with van der Waals surface area (Å²) in [5, 5.41) is 0. The standard InChI is InChI=1S/C27H24N2/c1-18-16-23(20-10-6-4-7-11-20)22-14-15-25-24(21-12-8-5-9-13-21)17-19(2)29-27(25,3)26(22)28-18/h4-17,26H,1-3H3. The molecule has 0 radical (unpaired) electrons. The van der Waals surface area contributed by atoms with E-state index in [1.807, 2.05) is 0 Å². The topological polar surface area (TPSA) is 24.7 Å². The van der Waals surface area contributed by atoms with E-state index in [9.17, 15) is 0 Å². The molecule has 142 valence electrons. The lowest BCUT2D eigenvalue weighted by atomic mass is 9.69. The van der Waals surface area contributed by atoms with Crippen LogP contribution in [0.2, 0.25) is 0 Å². The molecular formula is C27H24N2. The fraction of sp³-hybridized carbons (Fsp3) is 0.185. The normalized spacial score (nSPS) is 25.4. The van der Waals surface area contributed by atoms with E-state index in [0.717, 1.165) is 11.4 Å². The molecule has 0 saturated carbocycles. The number of rotatable bonds is 2. The van der Waals surface area contributed by atoms with Gasteiger partial charge in [0.2, 0.25) is 0 Å². The molecule has 29 heavy (non-hydrogen) atoms. The zero-order valence-corrected chi connectivity index (χ0v) is 17.1. The summed E-state index contributed by atoms with van der Waals surface area (Å²) < 4.78 is 0. The predicted molar refractivity (Wildman–Crippen MR) is 123 cm³/mol. The average molecular weight is 377 g/mol. The van der Waals surface area contributed by atoms with Crippen LogP contribution in [0.1, 0.15) is 31.9 Å². The fourth-order valence-corrected chi connectivity index (χ4v) is 4.74. The minimum atomic E-state index is -0.413. The molecule has 0 bridgehead atoms. The van der Waals surface area contributed by atoms with Gasteiger partial charge in [0.15, 0.2) is 0 Å². The van der Waals surface area contributed by atoms with Crippen LogP contribution in [0.4, 0.5) is 0 Å². The fourth-order valence-electron chi connectivity index (χ4n) is 4.74. The minimum absolute atomic E-state index is 0.0231. The maximum absolute atomic E-state index is 5.16. The largest absolute Gasteiger partial charge is 0.279 e. The molecule has 2 nitrogen and oxygen atoms in total. The van der Waals surface area contributed by atoms with Crippen LogP contribution >= 0.6 is 0 Å². The first-order valence-electron chi connectivity index (χ1n) is 10.1. The van der Waals surface area contributed by atoms with E-state index >= 15 is 0 Å². The third kappa shape index (κ3) is 2.87. The summed E-state index contributed by atoms with van der Waals surface area (Å²) in [5.74, 6) is 0. The second-order valence-corrected chi connectivity index (χ2v) is 8.12. The smallest absolute Gasteiger partial charge is 0.110 e. The lowest BCUT2D eigenvalue weighted by Gasteiger charge is -2.43. The van der Waals surface area contributed by atoms with Gasteiger partial charge in [-0.1, -0.05) is 72.8 Å². The van der Waals surface area contributed by atoms with Crippen LogP contribution in [0.5, 0.6) is 0 Å². The van der Waals surface area contributed by atoms with Gasteiger partial charge in [-0.3, -0.25) is 9.98 Å². The number of allylic oxidation sites excluding steroid dienone is 4. The SMILES string of the molecule is CC1=NC2C(=CC=C3C(c4ccccc4)=CC(C)=NC32C)C(c2ccccc2)=C1. The van der Waals surface area contributed by atoms with E-state index in [4.69, 9.17) is 9.98 Å². The molecule has 1 aliphatic carbocycles. The van der Waals surface area contributed by atoms with Crippen molar-refractivity contribution in [3.05, 3.63) is 107 Å². The Hall–Kier alpha value is -3.26. The summed E-state index contributed by atoms with van der Waals surface area (Å²) in [6, 6.07) is 21.2. The second-order valence-electron chi connectivity index (χ2n) is 8.12. The van der Waals surface area contributed by atoms with Crippen molar-refractivity contribution >= 4 is 22.6 Å². The molecule has 2 aliphatic heterocycles. The Morgan fingerprint density at radius 1 is 0.724 bits per heavy atom. The van der Waals surface area contributed by atoms with Gasteiger partial charge in [-0.05, 0) is 66.3 Å². The zero-order valence-electron chi connectivity index (χ0n) is 17.1. The molecule has 5 rings (SSSR count). The Labute approximate surface area is 172 Å². The first kappa shape index (κ1) is 17.8. The van der Waals surface area contributed by atoms with Gasteiger partial charge in [-0.15, -0.1) is 0 Å². The quantitative estimate of drug-likeness (QED) is 0.605. The van der Waals surface area contributed by atoms with Crippen LogP contribution in [-0.2, 0) is 0 Å². The molecule has 0 spiro atoms.